The fraction of sp³-hybridized carbons (Fsp3) is 0.304. The van der Waals surface area contributed by atoms with Crippen molar-refractivity contribution in [2.24, 2.45) is 0 Å². The zero-order valence-corrected chi connectivity index (χ0v) is 22.5. The number of nitrogen functional groups attached to an aromatic ring is 1. The Bertz CT molecular complexity index is 1230. The third kappa shape index (κ3) is 9.63. The van der Waals surface area contributed by atoms with Crippen LogP contribution in [0.1, 0.15) is 30.3 Å². The van der Waals surface area contributed by atoms with Crippen LogP contribution in [0, 0.1) is 6.92 Å². The molecule has 0 bridgehead atoms. The van der Waals surface area contributed by atoms with Gasteiger partial charge in [0.05, 0.1) is 27.4 Å². The second-order valence-electron chi connectivity index (χ2n) is 7.51. The van der Waals surface area contributed by atoms with Gasteiger partial charge in [0.25, 0.3) is 0 Å². The third-order valence-electron chi connectivity index (χ3n) is 4.97. The number of anilines is 1. The summed E-state index contributed by atoms with van der Waals surface area (Å²) in [6, 6.07) is 5.12. The van der Waals surface area contributed by atoms with E-state index in [4.69, 9.17) is 25.0 Å². The van der Waals surface area contributed by atoms with Crippen molar-refractivity contribution in [2.75, 3.05) is 26.6 Å². The van der Waals surface area contributed by atoms with E-state index in [1.165, 1.54) is 31.4 Å². The first-order valence-corrected chi connectivity index (χ1v) is 13.1. The van der Waals surface area contributed by atoms with Crippen LogP contribution in [0.2, 0.25) is 0 Å². The molecular weight excluding hydrogens is 523 g/mol. The lowest BCUT2D eigenvalue weighted by Crippen LogP contribution is -2.22. The molecule has 0 fully saturated rings. The van der Waals surface area contributed by atoms with Gasteiger partial charge in [-0.25, -0.2) is 14.5 Å². The number of hydrogen-bond donors (Lipinski definition) is 3. The van der Waals surface area contributed by atoms with Crippen LogP contribution in [0.3, 0.4) is 0 Å². The van der Waals surface area contributed by atoms with Crippen molar-refractivity contribution in [2.45, 2.75) is 26.8 Å². The molecule has 1 amide bonds. The molecule has 0 unspecified atom stereocenters. The van der Waals surface area contributed by atoms with Crippen LogP contribution < -0.4 is 15.2 Å². The molecule has 37 heavy (non-hydrogen) atoms. The molecule has 0 aliphatic rings. The minimum absolute atomic E-state index is 0.0237. The van der Waals surface area contributed by atoms with Gasteiger partial charge < -0.3 is 29.9 Å². The van der Waals surface area contributed by atoms with Gasteiger partial charge >= 0.3 is 7.82 Å². The molecule has 1 heterocycles. The molecule has 0 saturated heterocycles. The molecular formula is C23H29N4O8PS. The first-order chi connectivity index (χ1) is 17.5. The Kier molecular flexibility index (Phi) is 11.3. The lowest BCUT2D eigenvalue weighted by molar-refractivity contribution is -0.117. The SMILES string of the molecule is COc1ccc(OC)c(/C=C/C(=O)S/C(CCOP(=O)(O)O)=C(/C)N(C=O)Cc2cnc(C)nc2N)c1. The molecule has 0 radical (unpaired) electrons. The van der Waals surface area contributed by atoms with Gasteiger partial charge in [-0.2, -0.15) is 0 Å². The van der Waals surface area contributed by atoms with Crippen molar-refractivity contribution in [1.82, 2.24) is 14.9 Å². The number of nitrogens with two attached hydrogens (primary N) is 1. The number of aryl methyl sites for hydroxylation is 1. The Morgan fingerprint density at radius 2 is 2.00 bits per heavy atom. The van der Waals surface area contributed by atoms with Gasteiger partial charge in [-0.3, -0.25) is 14.1 Å². The van der Waals surface area contributed by atoms with Crippen LogP contribution in [0.15, 0.2) is 41.1 Å². The number of nitrogens with zero attached hydrogens (tertiary/aromatic N) is 3. The third-order valence-corrected chi connectivity index (χ3v) is 6.57. The number of amides is 1. The Morgan fingerprint density at radius 1 is 1.27 bits per heavy atom. The van der Waals surface area contributed by atoms with Crippen LogP contribution in [0.5, 0.6) is 11.5 Å². The highest BCUT2D eigenvalue weighted by Gasteiger charge is 2.19. The molecule has 0 aliphatic heterocycles. The molecule has 12 nitrogen and oxygen atoms in total. The summed E-state index contributed by atoms with van der Waals surface area (Å²) in [7, 11) is -1.71. The quantitative estimate of drug-likeness (QED) is 0.188. The number of methoxy groups -OCH3 is 2. The number of benzene rings is 1. The molecule has 0 spiro atoms. The van der Waals surface area contributed by atoms with E-state index in [9.17, 15) is 14.2 Å². The Labute approximate surface area is 218 Å². The minimum Gasteiger partial charge on any atom is -0.497 e. The number of carbonyl (C=O) groups excluding carboxylic acids is 2. The monoisotopic (exact) mass is 552 g/mol. The van der Waals surface area contributed by atoms with Gasteiger partial charge in [0.1, 0.15) is 23.1 Å². The fourth-order valence-corrected chi connectivity index (χ4v) is 4.22. The molecule has 2 rings (SSSR count). The van der Waals surface area contributed by atoms with Crippen molar-refractivity contribution in [3.05, 3.63) is 58.0 Å². The van der Waals surface area contributed by atoms with E-state index in [0.717, 1.165) is 11.8 Å². The number of aromatic nitrogens is 2. The number of ether oxygens (including phenoxy) is 2. The first kappa shape index (κ1) is 30.0. The molecule has 0 atom stereocenters. The Balaban J connectivity index is 2.32. The smallest absolute Gasteiger partial charge is 0.469 e. The van der Waals surface area contributed by atoms with E-state index in [2.05, 4.69) is 14.5 Å². The number of carbonyl (C=O) groups is 2. The van der Waals surface area contributed by atoms with Crippen LogP contribution in [-0.2, 0) is 25.2 Å². The first-order valence-electron chi connectivity index (χ1n) is 10.8. The molecule has 1 aromatic carbocycles. The topological polar surface area (TPSA) is 174 Å². The standard InChI is InChI=1S/C23H29N4O8PS/c1-15(27(14-28)13-18-12-25-16(2)26-23(18)24)21(9-10-35-36(30,31)32)37-22(29)8-5-17-11-19(33-3)6-7-20(17)34-4/h5-8,11-12,14H,9-10,13H2,1-4H3,(H2,24,25,26)(H2,30,31,32)/b8-5+,21-15-. The zero-order chi connectivity index (χ0) is 27.6. The summed E-state index contributed by atoms with van der Waals surface area (Å²) in [6.45, 7) is 2.92. The van der Waals surface area contributed by atoms with Crippen molar-refractivity contribution in [3.8, 4) is 11.5 Å². The number of allylic oxidation sites excluding steroid dienone is 1. The average molecular weight is 553 g/mol. The number of rotatable bonds is 13. The molecule has 4 N–H and O–H groups in total. The lowest BCUT2D eigenvalue weighted by Gasteiger charge is -2.22. The van der Waals surface area contributed by atoms with Gasteiger partial charge in [0.15, 0.2) is 0 Å². The van der Waals surface area contributed by atoms with E-state index >= 15 is 0 Å². The van der Waals surface area contributed by atoms with Gasteiger partial charge in [-0.15, -0.1) is 0 Å². The summed E-state index contributed by atoms with van der Waals surface area (Å²) in [4.78, 5) is 52.6. The lowest BCUT2D eigenvalue weighted by atomic mass is 10.2. The van der Waals surface area contributed by atoms with Crippen LogP contribution >= 0.6 is 19.6 Å². The maximum atomic E-state index is 12.8. The largest absolute Gasteiger partial charge is 0.497 e. The average Bonchev–Trinajstić information content (AvgIpc) is 2.85. The zero-order valence-electron chi connectivity index (χ0n) is 20.8. The summed E-state index contributed by atoms with van der Waals surface area (Å²) >= 11 is 0.793. The van der Waals surface area contributed by atoms with Crippen molar-refractivity contribution in [3.63, 3.8) is 0 Å². The normalized spacial score (nSPS) is 12.3. The molecule has 2 aromatic rings. The van der Waals surface area contributed by atoms with Crippen molar-refractivity contribution in [1.29, 1.82) is 0 Å². The second kappa shape index (κ2) is 13.9. The van der Waals surface area contributed by atoms with E-state index in [0.29, 0.717) is 45.5 Å². The van der Waals surface area contributed by atoms with Gasteiger partial charge in [-0.05, 0) is 56.0 Å². The highest BCUT2D eigenvalue weighted by Crippen LogP contribution is 2.37. The van der Waals surface area contributed by atoms with Crippen LogP contribution in [0.25, 0.3) is 6.08 Å². The van der Waals surface area contributed by atoms with Crippen molar-refractivity contribution < 1.29 is 37.9 Å². The molecule has 14 heteroatoms. The van der Waals surface area contributed by atoms with Gasteiger partial charge in [-0.1, -0.05) is 0 Å². The van der Waals surface area contributed by atoms with Gasteiger partial charge in [0.2, 0.25) is 11.5 Å². The number of phosphoric ester groups is 1. The van der Waals surface area contributed by atoms with Crippen molar-refractivity contribution >= 4 is 43.0 Å². The molecule has 0 saturated carbocycles. The van der Waals surface area contributed by atoms with E-state index < -0.39 is 12.9 Å². The molecule has 200 valence electrons. The predicted molar refractivity (Wildman–Crippen MR) is 139 cm³/mol. The minimum atomic E-state index is -4.73. The second-order valence-corrected chi connectivity index (χ2v) is 9.84. The van der Waals surface area contributed by atoms with E-state index in [1.807, 2.05) is 0 Å². The molecule has 1 aromatic heterocycles. The number of hydrogen-bond acceptors (Lipinski definition) is 10. The van der Waals surface area contributed by atoms with E-state index in [1.54, 1.807) is 38.1 Å². The fourth-order valence-electron chi connectivity index (χ4n) is 3.06. The summed E-state index contributed by atoms with van der Waals surface area (Å²) in [5.41, 5.74) is 7.41. The van der Waals surface area contributed by atoms with Gasteiger partial charge in [0, 0.05) is 34.3 Å². The molecule has 0 aliphatic carbocycles. The Hall–Kier alpha value is -3.22. The number of thioether (sulfide) groups is 1. The summed E-state index contributed by atoms with van der Waals surface area (Å²) in [6.07, 6.45) is 4.88. The summed E-state index contributed by atoms with van der Waals surface area (Å²) < 4.78 is 26.2. The van der Waals surface area contributed by atoms with E-state index in [-0.39, 0.29) is 25.4 Å². The summed E-state index contributed by atoms with van der Waals surface area (Å²) in [5, 5.41) is -0.403. The highest BCUT2D eigenvalue weighted by molar-refractivity contribution is 8.17. The van der Waals surface area contributed by atoms with Crippen LogP contribution in [0.4, 0.5) is 5.82 Å². The maximum Gasteiger partial charge on any atom is 0.469 e. The van der Waals surface area contributed by atoms with Crippen LogP contribution in [-0.4, -0.2) is 57.0 Å². The Morgan fingerprint density at radius 3 is 2.59 bits per heavy atom. The highest BCUT2D eigenvalue weighted by atomic mass is 32.2. The maximum absolute atomic E-state index is 12.8. The predicted octanol–water partition coefficient (Wildman–Crippen LogP) is 3.05. The summed E-state index contributed by atoms with van der Waals surface area (Å²) in [5.74, 6) is 1.79. The number of phosphoric acid groups is 1.